The summed E-state index contributed by atoms with van der Waals surface area (Å²) in [5.41, 5.74) is -14.5. The predicted molar refractivity (Wildman–Crippen MR) is 80.6 cm³/mol. The van der Waals surface area contributed by atoms with Gasteiger partial charge in [-0.15, -0.1) is 0 Å². The molecular formula is C16H6F28. The summed E-state index contributed by atoms with van der Waals surface area (Å²) in [6.45, 7) is -3.81. The van der Waals surface area contributed by atoms with Gasteiger partial charge in [0.25, 0.3) is 11.3 Å². The second-order valence-electron chi connectivity index (χ2n) is 8.75. The standard InChI is InChI=1S/C16H6F28/c1-3(17,15(39,40)41)5(19,20)7(23,24)9(27,28)11(31,32)13(35,36)14(37,38)12(33,34)10(29,30)8(25,26)6(21,22)4(2,18)16(42,43)44/h1-2H3. The van der Waals surface area contributed by atoms with Crippen molar-refractivity contribution in [1.29, 1.82) is 0 Å². The minimum Gasteiger partial charge on any atom is -0.227 e. The highest BCUT2D eigenvalue weighted by Crippen LogP contribution is 2.68. The van der Waals surface area contributed by atoms with Crippen LogP contribution in [0.15, 0.2) is 0 Å². The highest BCUT2D eigenvalue weighted by Gasteiger charge is 3.00. The van der Waals surface area contributed by atoms with E-state index in [-0.39, 0.29) is 0 Å². The Labute approximate surface area is 221 Å². The van der Waals surface area contributed by atoms with Crippen LogP contribution in [0.2, 0.25) is 0 Å². The smallest absolute Gasteiger partial charge is 0.227 e. The van der Waals surface area contributed by atoms with Crippen LogP contribution in [0.3, 0.4) is 0 Å². The summed E-state index contributed by atoms with van der Waals surface area (Å²) in [5, 5.41) is 0. The van der Waals surface area contributed by atoms with E-state index in [1.165, 1.54) is 0 Å². The molecule has 0 N–H and O–H groups in total. The second kappa shape index (κ2) is 9.78. The van der Waals surface area contributed by atoms with Crippen molar-refractivity contribution in [1.82, 2.24) is 0 Å². The minimum absolute atomic E-state index is 1.90. The fourth-order valence-electron chi connectivity index (χ4n) is 2.52. The van der Waals surface area contributed by atoms with Gasteiger partial charge in [0.2, 0.25) is 0 Å². The molecule has 0 spiro atoms. The number of hydrogen-bond donors (Lipinski definition) is 0. The van der Waals surface area contributed by atoms with E-state index in [1.807, 2.05) is 0 Å². The lowest BCUT2D eigenvalue weighted by Crippen LogP contribution is -2.79. The van der Waals surface area contributed by atoms with Crippen molar-refractivity contribution in [3.63, 3.8) is 0 Å². The Morgan fingerprint density at radius 1 is 0.182 bits per heavy atom. The molecule has 0 aliphatic rings. The van der Waals surface area contributed by atoms with E-state index in [0.717, 1.165) is 0 Å². The van der Waals surface area contributed by atoms with Crippen LogP contribution in [0.1, 0.15) is 13.8 Å². The summed E-state index contributed by atoms with van der Waals surface area (Å²) in [7, 11) is 0. The lowest BCUT2D eigenvalue weighted by atomic mass is 9.81. The molecule has 2 atom stereocenters. The number of alkyl halides is 28. The van der Waals surface area contributed by atoms with Crippen molar-refractivity contribution < 1.29 is 123 Å². The van der Waals surface area contributed by atoms with Gasteiger partial charge in [0.1, 0.15) is 0 Å². The number of halogens is 28. The highest BCUT2D eigenvalue weighted by atomic mass is 19.4. The van der Waals surface area contributed by atoms with Crippen molar-refractivity contribution in [3.8, 4) is 0 Å². The van der Waals surface area contributed by atoms with Crippen molar-refractivity contribution in [3.05, 3.63) is 0 Å². The number of hydrogen-bond acceptors (Lipinski definition) is 0. The summed E-state index contributed by atoms with van der Waals surface area (Å²) in [4.78, 5) is 0. The van der Waals surface area contributed by atoms with Gasteiger partial charge in [-0.2, -0.15) is 114 Å². The maximum Gasteiger partial charge on any atom is 0.428 e. The van der Waals surface area contributed by atoms with Crippen LogP contribution >= 0.6 is 0 Å². The Morgan fingerprint density at radius 2 is 0.273 bits per heavy atom. The maximum atomic E-state index is 13.7. The van der Waals surface area contributed by atoms with Crippen LogP contribution in [-0.4, -0.2) is 82.9 Å². The van der Waals surface area contributed by atoms with Gasteiger partial charge in [0.15, 0.2) is 0 Å². The molecule has 28 heteroatoms. The first-order valence-corrected chi connectivity index (χ1v) is 9.54. The molecule has 0 aromatic carbocycles. The van der Waals surface area contributed by atoms with Crippen LogP contribution in [-0.2, 0) is 0 Å². The third-order valence-corrected chi connectivity index (χ3v) is 5.79. The fraction of sp³-hybridized carbons (Fsp3) is 1.00. The first-order chi connectivity index (χ1) is 18.2. The zero-order valence-corrected chi connectivity index (χ0v) is 19.6. The zero-order chi connectivity index (χ0) is 37.0. The van der Waals surface area contributed by atoms with Crippen LogP contribution in [0.5, 0.6) is 0 Å². The van der Waals surface area contributed by atoms with E-state index >= 15 is 0 Å². The largest absolute Gasteiger partial charge is 0.428 e. The third kappa shape index (κ3) is 4.61. The van der Waals surface area contributed by atoms with Crippen molar-refractivity contribution in [2.45, 2.75) is 96.8 Å². The molecule has 0 saturated carbocycles. The molecule has 0 bridgehead atoms. The first kappa shape index (κ1) is 42.0. The van der Waals surface area contributed by atoms with Crippen molar-refractivity contribution >= 4 is 0 Å². The van der Waals surface area contributed by atoms with E-state index in [9.17, 15) is 123 Å². The molecule has 0 aromatic heterocycles. The third-order valence-electron chi connectivity index (χ3n) is 5.79. The molecule has 2 unspecified atom stereocenters. The Morgan fingerprint density at radius 3 is 0.364 bits per heavy atom. The minimum atomic E-state index is -9.75. The molecule has 266 valence electrons. The van der Waals surface area contributed by atoms with Gasteiger partial charge in [0, 0.05) is 0 Å². The van der Waals surface area contributed by atoms with Gasteiger partial charge in [-0.05, 0) is 13.8 Å². The molecular weight excluding hydrogens is 724 g/mol. The highest BCUT2D eigenvalue weighted by molar-refractivity contribution is 5.21. The van der Waals surface area contributed by atoms with Crippen molar-refractivity contribution in [2.24, 2.45) is 0 Å². The fourth-order valence-corrected chi connectivity index (χ4v) is 2.52. The van der Waals surface area contributed by atoms with E-state index in [2.05, 4.69) is 0 Å². The van der Waals surface area contributed by atoms with E-state index < -0.39 is 96.8 Å². The topological polar surface area (TPSA) is 0 Å². The molecule has 0 amide bonds. The average Bonchev–Trinajstić information content (AvgIpc) is 2.75. The summed E-state index contributed by atoms with van der Waals surface area (Å²) in [6, 6.07) is 0. The summed E-state index contributed by atoms with van der Waals surface area (Å²) >= 11 is 0. The Bertz CT molecular complexity index is 964. The van der Waals surface area contributed by atoms with Gasteiger partial charge >= 0.3 is 71.6 Å². The van der Waals surface area contributed by atoms with Crippen molar-refractivity contribution in [2.75, 3.05) is 0 Å². The molecule has 0 aliphatic heterocycles. The Hall–Kier alpha value is -1.96. The van der Waals surface area contributed by atoms with Crippen LogP contribution in [0.25, 0.3) is 0 Å². The second-order valence-corrected chi connectivity index (χ2v) is 8.75. The molecule has 0 nitrogen and oxygen atoms in total. The number of rotatable bonds is 11. The summed E-state index contributed by atoms with van der Waals surface area (Å²) < 4.78 is 372. The molecule has 0 saturated heterocycles. The SMILES string of the molecule is CC(F)(C(F)(F)F)C(F)(F)C(F)(F)C(F)(F)C(F)(F)C(F)(F)C(F)(F)C(F)(F)C(F)(F)C(F)(F)C(F)(F)C(C)(F)C(F)(F)F. The quantitative estimate of drug-likeness (QED) is 0.186. The zero-order valence-electron chi connectivity index (χ0n) is 19.6. The van der Waals surface area contributed by atoms with Gasteiger partial charge < -0.3 is 0 Å². The molecule has 0 heterocycles. The molecule has 0 radical (unpaired) electrons. The van der Waals surface area contributed by atoms with Crippen LogP contribution in [0, 0.1) is 0 Å². The van der Waals surface area contributed by atoms with Crippen LogP contribution < -0.4 is 0 Å². The predicted octanol–water partition coefficient (Wildman–Crippen LogP) is 9.92. The molecule has 0 aromatic rings. The molecule has 0 fully saturated rings. The summed E-state index contributed by atoms with van der Waals surface area (Å²) in [6.07, 6.45) is -15.2. The first-order valence-electron chi connectivity index (χ1n) is 9.54. The Balaban J connectivity index is 7.52. The van der Waals surface area contributed by atoms with Gasteiger partial charge in [-0.25, -0.2) is 8.78 Å². The summed E-state index contributed by atoms with van der Waals surface area (Å²) in [5.74, 6) is -93.2. The van der Waals surface area contributed by atoms with E-state index in [1.54, 1.807) is 0 Å². The average molecular weight is 730 g/mol. The lowest BCUT2D eigenvalue weighted by Gasteiger charge is -2.47. The van der Waals surface area contributed by atoms with Gasteiger partial charge in [0.05, 0.1) is 0 Å². The maximum absolute atomic E-state index is 13.7. The normalized spacial score (nSPS) is 19.5. The Kier molecular flexibility index (Phi) is 9.34. The van der Waals surface area contributed by atoms with Gasteiger partial charge in [-0.1, -0.05) is 0 Å². The monoisotopic (exact) mass is 730 g/mol. The van der Waals surface area contributed by atoms with E-state index in [0.29, 0.717) is 0 Å². The molecule has 0 aliphatic carbocycles. The van der Waals surface area contributed by atoms with E-state index in [4.69, 9.17) is 0 Å². The molecule has 0 rings (SSSR count). The lowest BCUT2D eigenvalue weighted by molar-refractivity contribution is -0.480. The van der Waals surface area contributed by atoms with Crippen LogP contribution in [0.4, 0.5) is 123 Å². The van der Waals surface area contributed by atoms with Gasteiger partial charge in [-0.3, -0.25) is 0 Å². The molecule has 44 heavy (non-hydrogen) atoms.